The van der Waals surface area contributed by atoms with E-state index in [9.17, 15) is 0 Å². The largest absolute Gasteiger partial charge is 0.349 e. The summed E-state index contributed by atoms with van der Waals surface area (Å²) in [7, 11) is 7.92. The van der Waals surface area contributed by atoms with Crippen LogP contribution in [0.4, 0.5) is 0 Å². The molecule has 0 saturated heterocycles. The summed E-state index contributed by atoms with van der Waals surface area (Å²) < 4.78 is 1.81. The van der Waals surface area contributed by atoms with Gasteiger partial charge in [0.2, 0.25) is 0 Å². The Morgan fingerprint density at radius 3 is 2.56 bits per heavy atom. The highest BCUT2D eigenvalue weighted by atomic mass is 15.3. The predicted octanol–water partition coefficient (Wildman–Crippen LogP) is 0.708. The van der Waals surface area contributed by atoms with E-state index < -0.39 is 0 Å². The van der Waals surface area contributed by atoms with E-state index in [1.165, 1.54) is 0 Å². The molecule has 6 heteroatoms. The van der Waals surface area contributed by atoms with E-state index in [0.717, 1.165) is 17.3 Å². The highest BCUT2D eigenvalue weighted by Crippen LogP contribution is 2.05. The van der Waals surface area contributed by atoms with Crippen LogP contribution in [0, 0.1) is 0 Å². The van der Waals surface area contributed by atoms with Crippen molar-refractivity contribution in [3.8, 4) is 0 Å². The lowest BCUT2D eigenvalue weighted by Gasteiger charge is -2.22. The van der Waals surface area contributed by atoms with Crippen LogP contribution in [-0.2, 0) is 6.54 Å². The van der Waals surface area contributed by atoms with Crippen molar-refractivity contribution in [2.75, 3.05) is 28.2 Å². The van der Waals surface area contributed by atoms with E-state index in [1.54, 1.807) is 12.4 Å². The van der Waals surface area contributed by atoms with Gasteiger partial charge in [-0.05, 0) is 6.07 Å². The maximum absolute atomic E-state index is 4.60. The third kappa shape index (κ3) is 2.42. The Labute approximate surface area is 107 Å². The third-order valence-corrected chi connectivity index (χ3v) is 2.55. The van der Waals surface area contributed by atoms with Crippen molar-refractivity contribution in [3.63, 3.8) is 0 Å². The summed E-state index contributed by atoms with van der Waals surface area (Å²) in [4.78, 5) is 12.8. The van der Waals surface area contributed by atoms with Crippen LogP contribution in [-0.4, -0.2) is 58.5 Å². The van der Waals surface area contributed by atoms with Crippen molar-refractivity contribution in [2.24, 2.45) is 4.99 Å². The zero-order valence-electron chi connectivity index (χ0n) is 11.2. The zero-order chi connectivity index (χ0) is 13.1. The molecule has 0 aliphatic heterocycles. The lowest BCUT2D eigenvalue weighted by molar-refractivity contribution is 0.478. The van der Waals surface area contributed by atoms with Crippen molar-refractivity contribution >= 4 is 11.6 Å². The molecule has 2 aromatic heterocycles. The Kier molecular flexibility index (Phi) is 3.45. The van der Waals surface area contributed by atoms with E-state index in [-0.39, 0.29) is 0 Å². The standard InChI is InChI=1S/C12H18N6/c1-16(2)12(17(3)4)14-9-10-5-7-13-11-6-8-15-18(10)11/h5-8H,9H2,1-4H3. The summed E-state index contributed by atoms with van der Waals surface area (Å²) in [5.74, 6) is 0.923. The van der Waals surface area contributed by atoms with E-state index >= 15 is 0 Å². The molecule has 6 nitrogen and oxygen atoms in total. The molecule has 18 heavy (non-hydrogen) atoms. The molecular weight excluding hydrogens is 228 g/mol. The molecular formula is C12H18N6. The Morgan fingerprint density at radius 1 is 1.17 bits per heavy atom. The van der Waals surface area contributed by atoms with Crippen molar-refractivity contribution in [1.82, 2.24) is 24.4 Å². The first-order valence-corrected chi connectivity index (χ1v) is 5.76. The zero-order valence-corrected chi connectivity index (χ0v) is 11.2. The lowest BCUT2D eigenvalue weighted by Crippen LogP contribution is -2.35. The van der Waals surface area contributed by atoms with Gasteiger partial charge in [-0.15, -0.1) is 0 Å². The van der Waals surface area contributed by atoms with E-state index in [4.69, 9.17) is 0 Å². The van der Waals surface area contributed by atoms with Gasteiger partial charge in [-0.3, -0.25) is 0 Å². The molecule has 0 spiro atoms. The van der Waals surface area contributed by atoms with Crippen molar-refractivity contribution in [3.05, 3.63) is 30.2 Å². The molecule has 0 atom stereocenters. The average molecular weight is 246 g/mol. The molecule has 0 amide bonds. The van der Waals surface area contributed by atoms with Gasteiger partial charge in [-0.1, -0.05) is 0 Å². The van der Waals surface area contributed by atoms with Crippen LogP contribution in [0.3, 0.4) is 0 Å². The van der Waals surface area contributed by atoms with Crippen LogP contribution in [0.25, 0.3) is 5.65 Å². The number of rotatable bonds is 2. The summed E-state index contributed by atoms with van der Waals surface area (Å²) in [6.07, 6.45) is 3.53. The van der Waals surface area contributed by atoms with Gasteiger partial charge in [-0.25, -0.2) is 14.5 Å². The van der Waals surface area contributed by atoms with Gasteiger partial charge in [0.1, 0.15) is 0 Å². The first-order valence-electron chi connectivity index (χ1n) is 5.76. The Balaban J connectivity index is 2.28. The number of nitrogens with zero attached hydrogens (tertiary/aromatic N) is 6. The van der Waals surface area contributed by atoms with Crippen LogP contribution >= 0.6 is 0 Å². The molecule has 2 heterocycles. The Hall–Kier alpha value is -2.11. The van der Waals surface area contributed by atoms with Crippen LogP contribution < -0.4 is 0 Å². The fourth-order valence-corrected chi connectivity index (χ4v) is 1.84. The van der Waals surface area contributed by atoms with E-state index in [1.807, 2.05) is 54.6 Å². The van der Waals surface area contributed by atoms with Crippen LogP contribution in [0.15, 0.2) is 29.5 Å². The van der Waals surface area contributed by atoms with Gasteiger partial charge in [0, 0.05) is 40.5 Å². The minimum Gasteiger partial charge on any atom is -0.349 e. The number of fused-ring (bicyclic) bond motifs is 1. The van der Waals surface area contributed by atoms with Crippen LogP contribution in [0.2, 0.25) is 0 Å². The molecule has 0 fully saturated rings. The number of aromatic nitrogens is 3. The second kappa shape index (κ2) is 5.03. The normalized spacial score (nSPS) is 10.4. The molecule has 0 aromatic carbocycles. The maximum Gasteiger partial charge on any atom is 0.195 e. The fourth-order valence-electron chi connectivity index (χ4n) is 1.84. The van der Waals surface area contributed by atoms with Crippen molar-refractivity contribution in [1.29, 1.82) is 0 Å². The number of hydrogen-bond acceptors (Lipinski definition) is 3. The molecule has 96 valence electrons. The summed E-state index contributed by atoms with van der Waals surface area (Å²) in [6, 6.07) is 3.82. The summed E-state index contributed by atoms with van der Waals surface area (Å²) in [6.45, 7) is 0.576. The molecule has 0 saturated carbocycles. The highest BCUT2D eigenvalue weighted by Gasteiger charge is 2.05. The third-order valence-electron chi connectivity index (χ3n) is 2.55. The molecule has 0 unspecified atom stereocenters. The first kappa shape index (κ1) is 12.3. The number of guanidine groups is 1. The topological polar surface area (TPSA) is 49.0 Å². The minimum atomic E-state index is 0.576. The average Bonchev–Trinajstić information content (AvgIpc) is 2.77. The van der Waals surface area contributed by atoms with Gasteiger partial charge in [0.05, 0.1) is 18.4 Å². The van der Waals surface area contributed by atoms with Crippen molar-refractivity contribution < 1.29 is 0 Å². The number of aliphatic imine (C=N–C) groups is 1. The Bertz CT molecular complexity index is 544. The molecule has 0 bridgehead atoms. The first-order chi connectivity index (χ1) is 8.59. The van der Waals surface area contributed by atoms with Gasteiger partial charge >= 0.3 is 0 Å². The molecule has 2 aromatic rings. The molecule has 0 radical (unpaired) electrons. The van der Waals surface area contributed by atoms with Crippen LogP contribution in [0.1, 0.15) is 5.69 Å². The monoisotopic (exact) mass is 246 g/mol. The van der Waals surface area contributed by atoms with Gasteiger partial charge < -0.3 is 9.80 Å². The minimum absolute atomic E-state index is 0.576. The summed E-state index contributed by atoms with van der Waals surface area (Å²) in [5, 5.41) is 4.24. The quantitative estimate of drug-likeness (QED) is 0.578. The van der Waals surface area contributed by atoms with E-state index in [0.29, 0.717) is 6.54 Å². The highest BCUT2D eigenvalue weighted by molar-refractivity contribution is 5.79. The molecule has 2 rings (SSSR count). The number of hydrogen-bond donors (Lipinski definition) is 0. The second-order valence-electron chi connectivity index (χ2n) is 4.44. The fraction of sp³-hybridized carbons (Fsp3) is 0.417. The Morgan fingerprint density at radius 2 is 1.89 bits per heavy atom. The van der Waals surface area contributed by atoms with Gasteiger partial charge in [0.15, 0.2) is 11.6 Å². The molecule has 0 aliphatic carbocycles. The predicted molar refractivity (Wildman–Crippen MR) is 71.5 cm³/mol. The lowest BCUT2D eigenvalue weighted by atomic mass is 10.4. The molecule has 0 N–H and O–H groups in total. The maximum atomic E-state index is 4.60. The van der Waals surface area contributed by atoms with E-state index in [2.05, 4.69) is 15.1 Å². The second-order valence-corrected chi connectivity index (χ2v) is 4.44. The summed E-state index contributed by atoms with van der Waals surface area (Å²) in [5.41, 5.74) is 1.87. The summed E-state index contributed by atoms with van der Waals surface area (Å²) >= 11 is 0. The van der Waals surface area contributed by atoms with Crippen LogP contribution in [0.5, 0.6) is 0 Å². The SMILES string of the molecule is CN(C)C(=NCc1ccnc2ccnn12)N(C)C. The molecule has 0 aliphatic rings. The van der Waals surface area contributed by atoms with Gasteiger partial charge in [-0.2, -0.15) is 5.10 Å². The van der Waals surface area contributed by atoms with Gasteiger partial charge in [0.25, 0.3) is 0 Å². The smallest absolute Gasteiger partial charge is 0.195 e. The van der Waals surface area contributed by atoms with Crippen molar-refractivity contribution in [2.45, 2.75) is 6.54 Å².